The minimum atomic E-state index is -0.408. The average Bonchev–Trinajstić information content (AvgIpc) is 2.22. The SMILES string of the molecule is COC(=O)C(CN)NCCCCCO. The lowest BCUT2D eigenvalue weighted by molar-refractivity contribution is -0.142. The summed E-state index contributed by atoms with van der Waals surface area (Å²) in [5.74, 6) is -0.324. The highest BCUT2D eigenvalue weighted by atomic mass is 16.5. The molecular formula is C9H20N2O3. The van der Waals surface area contributed by atoms with Crippen LogP contribution in [0.15, 0.2) is 0 Å². The molecule has 0 aromatic heterocycles. The van der Waals surface area contributed by atoms with Crippen molar-refractivity contribution in [3.05, 3.63) is 0 Å². The maximum absolute atomic E-state index is 11.1. The Morgan fingerprint density at radius 3 is 2.71 bits per heavy atom. The van der Waals surface area contributed by atoms with Gasteiger partial charge in [-0.2, -0.15) is 0 Å². The van der Waals surface area contributed by atoms with Crippen molar-refractivity contribution < 1.29 is 14.6 Å². The van der Waals surface area contributed by atoms with Crippen LogP contribution >= 0.6 is 0 Å². The van der Waals surface area contributed by atoms with Crippen LogP contribution < -0.4 is 11.1 Å². The van der Waals surface area contributed by atoms with Crippen LogP contribution in [-0.2, 0) is 9.53 Å². The fraction of sp³-hybridized carbons (Fsp3) is 0.889. The summed E-state index contributed by atoms with van der Waals surface area (Å²) in [6.07, 6.45) is 2.67. The van der Waals surface area contributed by atoms with Crippen LogP contribution in [0.5, 0.6) is 0 Å². The molecule has 0 fully saturated rings. The zero-order chi connectivity index (χ0) is 10.8. The molecule has 0 saturated heterocycles. The number of carbonyl (C=O) groups excluding carboxylic acids is 1. The van der Waals surface area contributed by atoms with Crippen molar-refractivity contribution in [1.82, 2.24) is 5.32 Å². The third-order valence-corrected chi connectivity index (χ3v) is 1.95. The number of ether oxygens (including phenoxy) is 1. The smallest absolute Gasteiger partial charge is 0.324 e. The molecule has 0 aromatic carbocycles. The van der Waals surface area contributed by atoms with E-state index in [1.54, 1.807) is 0 Å². The lowest BCUT2D eigenvalue weighted by Crippen LogP contribution is -2.43. The Kier molecular flexibility index (Phi) is 8.51. The third-order valence-electron chi connectivity index (χ3n) is 1.95. The van der Waals surface area contributed by atoms with Crippen LogP contribution in [0.4, 0.5) is 0 Å². The van der Waals surface area contributed by atoms with Gasteiger partial charge in [0, 0.05) is 13.2 Å². The summed E-state index contributed by atoms with van der Waals surface area (Å²) in [5, 5.41) is 11.5. The molecule has 0 aliphatic rings. The summed E-state index contributed by atoms with van der Waals surface area (Å²) in [6.45, 7) is 1.18. The first-order valence-corrected chi connectivity index (χ1v) is 4.88. The molecular weight excluding hydrogens is 184 g/mol. The summed E-state index contributed by atoms with van der Waals surface area (Å²) in [5.41, 5.74) is 5.39. The van der Waals surface area contributed by atoms with E-state index in [0.29, 0.717) is 0 Å². The molecule has 4 N–H and O–H groups in total. The van der Waals surface area contributed by atoms with Gasteiger partial charge in [0.05, 0.1) is 7.11 Å². The molecule has 0 saturated carbocycles. The Balaban J connectivity index is 3.48. The molecule has 84 valence electrons. The van der Waals surface area contributed by atoms with Gasteiger partial charge in [-0.15, -0.1) is 0 Å². The van der Waals surface area contributed by atoms with Crippen LogP contribution in [0.2, 0.25) is 0 Å². The highest BCUT2D eigenvalue weighted by molar-refractivity contribution is 5.75. The van der Waals surface area contributed by atoms with Crippen LogP contribution in [0, 0.1) is 0 Å². The zero-order valence-electron chi connectivity index (χ0n) is 8.66. The second kappa shape index (κ2) is 8.93. The maximum atomic E-state index is 11.1. The Hall–Kier alpha value is -0.650. The second-order valence-corrected chi connectivity index (χ2v) is 3.05. The maximum Gasteiger partial charge on any atom is 0.324 e. The molecule has 0 aliphatic carbocycles. The summed E-state index contributed by atoms with van der Waals surface area (Å²) >= 11 is 0. The molecule has 0 heterocycles. The first kappa shape index (κ1) is 13.4. The quantitative estimate of drug-likeness (QED) is 0.357. The van der Waals surface area contributed by atoms with E-state index in [4.69, 9.17) is 10.8 Å². The average molecular weight is 204 g/mol. The molecule has 1 atom stereocenters. The largest absolute Gasteiger partial charge is 0.468 e. The van der Waals surface area contributed by atoms with Gasteiger partial charge >= 0.3 is 5.97 Å². The van der Waals surface area contributed by atoms with E-state index in [-0.39, 0.29) is 19.1 Å². The van der Waals surface area contributed by atoms with Crippen molar-refractivity contribution in [3.63, 3.8) is 0 Å². The number of unbranched alkanes of at least 4 members (excludes halogenated alkanes) is 2. The first-order chi connectivity index (χ1) is 6.76. The number of hydrogen-bond donors (Lipinski definition) is 3. The Bertz CT molecular complexity index is 153. The number of aliphatic hydroxyl groups excluding tert-OH is 1. The third kappa shape index (κ3) is 5.90. The second-order valence-electron chi connectivity index (χ2n) is 3.05. The number of nitrogens with two attached hydrogens (primary N) is 1. The normalized spacial score (nSPS) is 12.5. The molecule has 5 nitrogen and oxygen atoms in total. The predicted octanol–water partition coefficient (Wildman–Crippen LogP) is -0.761. The van der Waals surface area contributed by atoms with E-state index in [0.717, 1.165) is 25.8 Å². The molecule has 0 rings (SSSR count). The number of methoxy groups -OCH3 is 1. The lowest BCUT2D eigenvalue weighted by Gasteiger charge is -2.13. The van der Waals surface area contributed by atoms with Gasteiger partial charge < -0.3 is 20.9 Å². The Labute approximate surface area is 84.6 Å². The molecule has 14 heavy (non-hydrogen) atoms. The number of nitrogens with one attached hydrogen (secondary N) is 1. The zero-order valence-corrected chi connectivity index (χ0v) is 8.66. The van der Waals surface area contributed by atoms with Crippen LogP contribution in [0.1, 0.15) is 19.3 Å². The number of hydrogen-bond acceptors (Lipinski definition) is 5. The standard InChI is InChI=1S/C9H20N2O3/c1-14-9(13)8(7-10)11-5-3-2-4-6-12/h8,11-12H,2-7,10H2,1H3. The first-order valence-electron chi connectivity index (χ1n) is 4.88. The molecule has 1 unspecified atom stereocenters. The van der Waals surface area contributed by atoms with Crippen LogP contribution in [-0.4, -0.2) is 43.9 Å². The topological polar surface area (TPSA) is 84.6 Å². The number of esters is 1. The van der Waals surface area contributed by atoms with Gasteiger partial charge in [-0.05, 0) is 25.8 Å². The van der Waals surface area contributed by atoms with E-state index in [1.165, 1.54) is 7.11 Å². The van der Waals surface area contributed by atoms with E-state index < -0.39 is 6.04 Å². The highest BCUT2D eigenvalue weighted by Crippen LogP contribution is 1.93. The Morgan fingerprint density at radius 1 is 1.50 bits per heavy atom. The fourth-order valence-corrected chi connectivity index (χ4v) is 1.10. The summed E-state index contributed by atoms with van der Waals surface area (Å²) in [6, 6.07) is -0.408. The highest BCUT2D eigenvalue weighted by Gasteiger charge is 2.15. The van der Waals surface area contributed by atoms with Crippen molar-refractivity contribution >= 4 is 5.97 Å². The number of aliphatic hydroxyl groups is 1. The van der Waals surface area contributed by atoms with Crippen molar-refractivity contribution in [2.75, 3.05) is 26.8 Å². The van der Waals surface area contributed by atoms with Gasteiger partial charge in [0.1, 0.15) is 6.04 Å². The molecule has 0 amide bonds. The fourth-order valence-electron chi connectivity index (χ4n) is 1.10. The Morgan fingerprint density at radius 2 is 2.21 bits per heavy atom. The van der Waals surface area contributed by atoms with E-state index in [9.17, 15) is 4.79 Å². The molecule has 5 heteroatoms. The molecule has 0 aromatic rings. The minimum absolute atomic E-state index is 0.220. The van der Waals surface area contributed by atoms with Crippen molar-refractivity contribution in [3.8, 4) is 0 Å². The molecule has 0 spiro atoms. The van der Waals surface area contributed by atoms with Crippen LogP contribution in [0.25, 0.3) is 0 Å². The van der Waals surface area contributed by atoms with Gasteiger partial charge in [-0.1, -0.05) is 0 Å². The summed E-state index contributed by atoms with van der Waals surface area (Å²) in [4.78, 5) is 11.1. The van der Waals surface area contributed by atoms with Gasteiger partial charge in [-0.25, -0.2) is 0 Å². The molecule has 0 radical (unpaired) electrons. The monoisotopic (exact) mass is 204 g/mol. The van der Waals surface area contributed by atoms with Gasteiger partial charge in [0.15, 0.2) is 0 Å². The molecule has 0 bridgehead atoms. The van der Waals surface area contributed by atoms with Crippen molar-refractivity contribution in [2.24, 2.45) is 5.73 Å². The number of rotatable bonds is 8. The minimum Gasteiger partial charge on any atom is -0.468 e. The lowest BCUT2D eigenvalue weighted by atomic mass is 10.2. The van der Waals surface area contributed by atoms with Gasteiger partial charge in [0.25, 0.3) is 0 Å². The van der Waals surface area contributed by atoms with Crippen LogP contribution in [0.3, 0.4) is 0 Å². The van der Waals surface area contributed by atoms with Gasteiger partial charge in [0.2, 0.25) is 0 Å². The summed E-state index contributed by atoms with van der Waals surface area (Å²) < 4.78 is 4.56. The summed E-state index contributed by atoms with van der Waals surface area (Å²) in [7, 11) is 1.35. The van der Waals surface area contributed by atoms with E-state index in [1.807, 2.05) is 0 Å². The van der Waals surface area contributed by atoms with E-state index in [2.05, 4.69) is 10.1 Å². The molecule has 0 aliphatic heterocycles. The number of carbonyl (C=O) groups is 1. The van der Waals surface area contributed by atoms with Gasteiger partial charge in [-0.3, -0.25) is 4.79 Å². The predicted molar refractivity (Wildman–Crippen MR) is 53.8 cm³/mol. The van der Waals surface area contributed by atoms with Crippen molar-refractivity contribution in [2.45, 2.75) is 25.3 Å². The van der Waals surface area contributed by atoms with Crippen molar-refractivity contribution in [1.29, 1.82) is 0 Å². The van der Waals surface area contributed by atoms with E-state index >= 15 is 0 Å².